The molecule has 1 aromatic rings. The lowest BCUT2D eigenvalue weighted by molar-refractivity contribution is -0.103. The number of hydrogen-bond acceptors (Lipinski definition) is 4. The van der Waals surface area contributed by atoms with Gasteiger partial charge in [0.25, 0.3) is 0 Å². The molecular formula is C15H22ClNO3. The molecular weight excluding hydrogens is 278 g/mol. The van der Waals surface area contributed by atoms with E-state index >= 15 is 0 Å². The second-order valence-electron chi connectivity index (χ2n) is 5.77. The number of halogens is 1. The minimum absolute atomic E-state index is 0.0766. The lowest BCUT2D eigenvalue weighted by atomic mass is 9.79. The number of nitrogens with one attached hydrogen (secondary N) is 1. The van der Waals surface area contributed by atoms with Crippen molar-refractivity contribution in [3.8, 4) is 0 Å². The van der Waals surface area contributed by atoms with Crippen LogP contribution in [0.3, 0.4) is 0 Å². The van der Waals surface area contributed by atoms with E-state index in [4.69, 9.17) is 25.5 Å². The average molecular weight is 300 g/mol. The Balaban J connectivity index is 1.79. The molecule has 2 aliphatic heterocycles. The van der Waals surface area contributed by atoms with Gasteiger partial charge in [-0.3, -0.25) is 0 Å². The molecule has 0 radical (unpaired) electrons. The van der Waals surface area contributed by atoms with E-state index in [1.165, 1.54) is 0 Å². The summed E-state index contributed by atoms with van der Waals surface area (Å²) in [7, 11) is 0. The standard InChI is InChI=1S/C15H22ClNO3/c1-2-17-13(12-4-6-19-14(12)16)11-3-7-20-15(9-11)5-8-18-10-15/h4,6,11,13,17H,2-3,5,7-10H2,1H3. The van der Waals surface area contributed by atoms with E-state index in [1.54, 1.807) is 6.26 Å². The maximum Gasteiger partial charge on any atom is 0.197 e. The van der Waals surface area contributed by atoms with Crippen LogP contribution < -0.4 is 5.32 Å². The summed E-state index contributed by atoms with van der Waals surface area (Å²) in [5.41, 5.74) is 0.988. The summed E-state index contributed by atoms with van der Waals surface area (Å²) in [5, 5.41) is 4.06. The zero-order valence-electron chi connectivity index (χ0n) is 11.9. The largest absolute Gasteiger partial charge is 0.453 e. The molecule has 3 unspecified atom stereocenters. The Morgan fingerprint density at radius 3 is 3.05 bits per heavy atom. The summed E-state index contributed by atoms with van der Waals surface area (Å²) < 4.78 is 16.8. The summed E-state index contributed by atoms with van der Waals surface area (Å²) >= 11 is 6.18. The smallest absolute Gasteiger partial charge is 0.197 e. The van der Waals surface area contributed by atoms with Gasteiger partial charge < -0.3 is 19.2 Å². The predicted octanol–water partition coefficient (Wildman–Crippen LogP) is 3.17. The molecule has 20 heavy (non-hydrogen) atoms. The molecule has 1 spiro atoms. The van der Waals surface area contributed by atoms with Crippen LogP contribution in [0.2, 0.25) is 5.22 Å². The van der Waals surface area contributed by atoms with Gasteiger partial charge in [-0.1, -0.05) is 6.92 Å². The van der Waals surface area contributed by atoms with E-state index in [-0.39, 0.29) is 11.6 Å². The highest BCUT2D eigenvalue weighted by molar-refractivity contribution is 6.29. The zero-order chi connectivity index (χ0) is 14.0. The van der Waals surface area contributed by atoms with Gasteiger partial charge >= 0.3 is 0 Å². The van der Waals surface area contributed by atoms with Gasteiger partial charge in [0.15, 0.2) is 5.22 Å². The number of hydrogen-bond donors (Lipinski definition) is 1. The Kier molecular flexibility index (Phi) is 4.36. The average Bonchev–Trinajstić information content (AvgIpc) is 3.06. The fraction of sp³-hybridized carbons (Fsp3) is 0.733. The van der Waals surface area contributed by atoms with Crippen molar-refractivity contribution in [1.29, 1.82) is 0 Å². The first-order valence-corrected chi connectivity index (χ1v) is 7.80. The van der Waals surface area contributed by atoms with Crippen molar-refractivity contribution in [1.82, 2.24) is 5.32 Å². The van der Waals surface area contributed by atoms with Gasteiger partial charge in [-0.25, -0.2) is 0 Å². The minimum atomic E-state index is -0.0766. The SMILES string of the molecule is CCNC(c1ccoc1Cl)C1CCOC2(CCOC2)C1. The third-order valence-corrected chi connectivity index (χ3v) is 4.78. The third kappa shape index (κ3) is 2.75. The molecule has 0 amide bonds. The van der Waals surface area contributed by atoms with Gasteiger partial charge in [0, 0.05) is 31.2 Å². The summed E-state index contributed by atoms with van der Waals surface area (Å²) in [6, 6.07) is 2.20. The monoisotopic (exact) mass is 299 g/mol. The quantitative estimate of drug-likeness (QED) is 0.927. The Labute approximate surface area is 124 Å². The number of ether oxygens (including phenoxy) is 2. The van der Waals surface area contributed by atoms with Crippen LogP contribution in [0.5, 0.6) is 0 Å². The highest BCUT2D eigenvalue weighted by Gasteiger charge is 2.43. The molecule has 112 valence electrons. The molecule has 3 atom stereocenters. The fourth-order valence-electron chi connectivity index (χ4n) is 3.49. The molecule has 0 aliphatic carbocycles. The molecule has 0 aromatic carbocycles. The Morgan fingerprint density at radius 2 is 2.40 bits per heavy atom. The molecule has 2 aliphatic rings. The normalized spacial score (nSPS) is 31.8. The molecule has 1 aromatic heterocycles. The van der Waals surface area contributed by atoms with Gasteiger partial charge in [0.2, 0.25) is 0 Å². The zero-order valence-corrected chi connectivity index (χ0v) is 12.6. The van der Waals surface area contributed by atoms with Crippen molar-refractivity contribution >= 4 is 11.6 Å². The highest BCUT2D eigenvalue weighted by atomic mass is 35.5. The van der Waals surface area contributed by atoms with E-state index in [0.29, 0.717) is 11.1 Å². The van der Waals surface area contributed by atoms with E-state index in [0.717, 1.165) is 51.2 Å². The Bertz CT molecular complexity index is 442. The van der Waals surface area contributed by atoms with Crippen LogP contribution in [-0.2, 0) is 9.47 Å². The van der Waals surface area contributed by atoms with E-state index < -0.39 is 0 Å². The molecule has 5 heteroatoms. The van der Waals surface area contributed by atoms with E-state index in [1.807, 2.05) is 6.07 Å². The van der Waals surface area contributed by atoms with Crippen molar-refractivity contribution in [2.75, 3.05) is 26.4 Å². The summed E-state index contributed by atoms with van der Waals surface area (Å²) in [4.78, 5) is 0. The first-order valence-electron chi connectivity index (χ1n) is 7.42. The molecule has 3 rings (SSSR count). The first kappa shape index (κ1) is 14.4. The fourth-order valence-corrected chi connectivity index (χ4v) is 3.72. The number of rotatable bonds is 4. The van der Waals surface area contributed by atoms with E-state index in [2.05, 4.69) is 12.2 Å². The van der Waals surface area contributed by atoms with Crippen molar-refractivity contribution in [2.45, 2.75) is 37.8 Å². The van der Waals surface area contributed by atoms with Crippen molar-refractivity contribution < 1.29 is 13.9 Å². The van der Waals surface area contributed by atoms with Gasteiger partial charge in [-0.2, -0.15) is 0 Å². The van der Waals surface area contributed by atoms with Crippen molar-refractivity contribution in [3.05, 3.63) is 23.1 Å². The summed E-state index contributed by atoms with van der Waals surface area (Å²) in [6.45, 7) is 5.36. The van der Waals surface area contributed by atoms with Crippen LogP contribution in [0.1, 0.15) is 37.8 Å². The van der Waals surface area contributed by atoms with Crippen molar-refractivity contribution in [3.63, 3.8) is 0 Å². The summed E-state index contributed by atoms with van der Waals surface area (Å²) in [5.74, 6) is 0.500. The molecule has 0 bridgehead atoms. The second kappa shape index (κ2) is 6.06. The lowest BCUT2D eigenvalue weighted by Crippen LogP contribution is -2.44. The maximum atomic E-state index is 6.18. The molecule has 0 saturated carbocycles. The predicted molar refractivity (Wildman–Crippen MR) is 77.0 cm³/mol. The van der Waals surface area contributed by atoms with Gasteiger partial charge in [0.1, 0.15) is 0 Å². The second-order valence-corrected chi connectivity index (χ2v) is 6.12. The van der Waals surface area contributed by atoms with Crippen LogP contribution in [0.15, 0.2) is 16.7 Å². The van der Waals surface area contributed by atoms with Gasteiger partial charge in [-0.15, -0.1) is 0 Å². The van der Waals surface area contributed by atoms with Crippen LogP contribution in [-0.4, -0.2) is 32.0 Å². The Morgan fingerprint density at radius 1 is 1.50 bits per heavy atom. The lowest BCUT2D eigenvalue weighted by Gasteiger charge is -2.40. The Hall–Kier alpha value is -0.550. The molecule has 2 fully saturated rings. The van der Waals surface area contributed by atoms with Crippen LogP contribution >= 0.6 is 11.6 Å². The topological polar surface area (TPSA) is 43.6 Å². The van der Waals surface area contributed by atoms with Crippen LogP contribution in [0.25, 0.3) is 0 Å². The van der Waals surface area contributed by atoms with Gasteiger partial charge in [-0.05, 0) is 43.0 Å². The number of furan rings is 1. The molecule has 3 heterocycles. The minimum Gasteiger partial charge on any atom is -0.453 e. The first-order chi connectivity index (χ1) is 9.74. The van der Waals surface area contributed by atoms with Crippen molar-refractivity contribution in [2.24, 2.45) is 5.92 Å². The van der Waals surface area contributed by atoms with E-state index in [9.17, 15) is 0 Å². The maximum absolute atomic E-state index is 6.18. The molecule has 4 nitrogen and oxygen atoms in total. The molecule has 2 saturated heterocycles. The summed E-state index contributed by atoms with van der Waals surface area (Å²) in [6.07, 6.45) is 4.73. The highest BCUT2D eigenvalue weighted by Crippen LogP contribution is 2.42. The third-order valence-electron chi connectivity index (χ3n) is 4.47. The molecule has 1 N–H and O–H groups in total. The van der Waals surface area contributed by atoms with Crippen LogP contribution in [0.4, 0.5) is 0 Å². The van der Waals surface area contributed by atoms with Crippen LogP contribution in [0, 0.1) is 5.92 Å². The van der Waals surface area contributed by atoms with Gasteiger partial charge in [0.05, 0.1) is 18.5 Å².